The Morgan fingerprint density at radius 2 is 1.83 bits per heavy atom. The Balaban J connectivity index is 1.70. The number of fused-ring (bicyclic) bond motifs is 1. The van der Waals surface area contributed by atoms with E-state index in [1.807, 2.05) is 18.2 Å². The molecule has 0 saturated heterocycles. The predicted molar refractivity (Wildman–Crippen MR) is 115 cm³/mol. The van der Waals surface area contributed by atoms with E-state index in [1.165, 1.54) is 4.90 Å². The summed E-state index contributed by atoms with van der Waals surface area (Å²) in [5.41, 5.74) is 6.96. The molecule has 1 aromatic heterocycles. The molecular formula is C22H19ClN4O3. The highest BCUT2D eigenvalue weighted by atomic mass is 35.5. The number of carbonyl (C=O) groups excluding carboxylic acids is 2. The zero-order valence-corrected chi connectivity index (χ0v) is 16.8. The van der Waals surface area contributed by atoms with Crippen LogP contribution < -0.4 is 20.7 Å². The lowest BCUT2D eigenvalue weighted by atomic mass is 10.0. The zero-order chi connectivity index (χ0) is 21.3. The summed E-state index contributed by atoms with van der Waals surface area (Å²) in [5.74, 6) is -0.0370. The molecule has 30 heavy (non-hydrogen) atoms. The SMILES string of the molecule is CC(C(=O)Nc1ccccc1Cl)N1C(=O)C(c2ccccc2)Oc2ccc(N)nc21. The minimum absolute atomic E-state index is 0.203. The molecule has 7 nitrogen and oxygen atoms in total. The zero-order valence-electron chi connectivity index (χ0n) is 16.1. The largest absolute Gasteiger partial charge is 0.472 e. The summed E-state index contributed by atoms with van der Waals surface area (Å²) >= 11 is 6.15. The molecule has 8 heteroatoms. The van der Waals surface area contributed by atoms with Crippen LogP contribution >= 0.6 is 11.6 Å². The summed E-state index contributed by atoms with van der Waals surface area (Å²) < 4.78 is 5.92. The molecule has 0 fully saturated rings. The molecule has 2 aromatic carbocycles. The summed E-state index contributed by atoms with van der Waals surface area (Å²) in [4.78, 5) is 31.9. The third-order valence-corrected chi connectivity index (χ3v) is 5.13. The average molecular weight is 423 g/mol. The van der Waals surface area contributed by atoms with Crippen molar-refractivity contribution in [3.05, 3.63) is 77.3 Å². The summed E-state index contributed by atoms with van der Waals surface area (Å²) in [6, 6.07) is 18.3. The summed E-state index contributed by atoms with van der Waals surface area (Å²) in [6.07, 6.45) is -0.903. The highest BCUT2D eigenvalue weighted by Gasteiger charge is 2.41. The molecule has 0 aliphatic carbocycles. The predicted octanol–water partition coefficient (Wildman–Crippen LogP) is 3.81. The van der Waals surface area contributed by atoms with Crippen molar-refractivity contribution in [2.24, 2.45) is 0 Å². The van der Waals surface area contributed by atoms with Crippen molar-refractivity contribution in [3.63, 3.8) is 0 Å². The third-order valence-electron chi connectivity index (χ3n) is 4.80. The van der Waals surface area contributed by atoms with Crippen LogP contribution in [0.3, 0.4) is 0 Å². The molecule has 1 aliphatic heterocycles. The number of amides is 2. The molecular weight excluding hydrogens is 404 g/mol. The highest BCUT2D eigenvalue weighted by molar-refractivity contribution is 6.33. The number of hydrogen-bond acceptors (Lipinski definition) is 5. The van der Waals surface area contributed by atoms with Gasteiger partial charge >= 0.3 is 0 Å². The fourth-order valence-corrected chi connectivity index (χ4v) is 3.44. The van der Waals surface area contributed by atoms with Gasteiger partial charge in [-0.3, -0.25) is 14.5 Å². The van der Waals surface area contributed by atoms with Gasteiger partial charge in [-0.25, -0.2) is 4.98 Å². The van der Waals surface area contributed by atoms with Crippen molar-refractivity contribution in [1.29, 1.82) is 0 Å². The molecule has 3 N–H and O–H groups in total. The Kier molecular flexibility index (Phi) is 5.29. The Bertz CT molecular complexity index is 1110. The number of ether oxygens (including phenoxy) is 1. The normalized spacial score (nSPS) is 16.4. The first kappa shape index (κ1) is 19.7. The molecule has 0 radical (unpaired) electrons. The number of carbonyl (C=O) groups is 2. The highest BCUT2D eigenvalue weighted by Crippen LogP contribution is 2.39. The van der Waals surface area contributed by atoms with Gasteiger partial charge in [0.1, 0.15) is 11.9 Å². The third kappa shape index (κ3) is 3.67. The van der Waals surface area contributed by atoms with Gasteiger partial charge in [-0.1, -0.05) is 54.1 Å². The lowest BCUT2D eigenvalue weighted by Gasteiger charge is -2.36. The first-order valence-electron chi connectivity index (χ1n) is 9.32. The Morgan fingerprint density at radius 1 is 1.13 bits per heavy atom. The maximum Gasteiger partial charge on any atom is 0.274 e. The number of pyridine rings is 1. The Labute approximate surface area is 178 Å². The van der Waals surface area contributed by atoms with Crippen molar-refractivity contribution >= 4 is 40.7 Å². The molecule has 3 aromatic rings. The van der Waals surface area contributed by atoms with E-state index in [4.69, 9.17) is 22.1 Å². The van der Waals surface area contributed by atoms with Gasteiger partial charge in [0.2, 0.25) is 12.0 Å². The van der Waals surface area contributed by atoms with E-state index in [0.29, 0.717) is 22.0 Å². The molecule has 2 heterocycles. The lowest BCUT2D eigenvalue weighted by Crippen LogP contribution is -2.51. The van der Waals surface area contributed by atoms with Crippen LogP contribution in [0.25, 0.3) is 0 Å². The molecule has 152 valence electrons. The van der Waals surface area contributed by atoms with Crippen LogP contribution in [0.5, 0.6) is 5.75 Å². The van der Waals surface area contributed by atoms with Crippen molar-refractivity contribution < 1.29 is 14.3 Å². The minimum atomic E-state index is -0.903. The van der Waals surface area contributed by atoms with E-state index >= 15 is 0 Å². The number of anilines is 3. The molecule has 4 rings (SSSR count). The van der Waals surface area contributed by atoms with E-state index in [9.17, 15) is 9.59 Å². The number of halogens is 1. The lowest BCUT2D eigenvalue weighted by molar-refractivity contribution is -0.129. The van der Waals surface area contributed by atoms with Gasteiger partial charge < -0.3 is 15.8 Å². The average Bonchev–Trinajstić information content (AvgIpc) is 2.75. The van der Waals surface area contributed by atoms with Gasteiger partial charge in [0.25, 0.3) is 5.91 Å². The van der Waals surface area contributed by atoms with Crippen LogP contribution in [0.2, 0.25) is 5.02 Å². The van der Waals surface area contributed by atoms with Crippen molar-refractivity contribution in [2.75, 3.05) is 16.0 Å². The maximum atomic E-state index is 13.4. The fraction of sp³-hybridized carbons (Fsp3) is 0.136. The van der Waals surface area contributed by atoms with E-state index in [1.54, 1.807) is 55.5 Å². The van der Waals surface area contributed by atoms with Crippen molar-refractivity contribution in [3.8, 4) is 5.75 Å². The second kappa shape index (κ2) is 8.04. The standard InChI is InChI=1S/C22H19ClN4O3/c1-13(21(28)25-16-10-6-5-9-15(16)23)27-20-17(11-12-18(24)26-20)30-19(22(27)29)14-7-3-2-4-8-14/h2-13,19H,1H3,(H2,24,26)(H,25,28). The maximum absolute atomic E-state index is 13.4. The second-order valence-electron chi connectivity index (χ2n) is 6.82. The van der Waals surface area contributed by atoms with Crippen molar-refractivity contribution in [1.82, 2.24) is 4.98 Å². The van der Waals surface area contributed by atoms with Crippen LogP contribution in [0.15, 0.2) is 66.7 Å². The van der Waals surface area contributed by atoms with Gasteiger partial charge in [-0.2, -0.15) is 0 Å². The van der Waals surface area contributed by atoms with Gasteiger partial charge in [0.15, 0.2) is 11.6 Å². The molecule has 2 amide bonds. The first-order valence-corrected chi connectivity index (χ1v) is 9.70. The van der Waals surface area contributed by atoms with Crippen LogP contribution in [0, 0.1) is 0 Å². The number of hydrogen-bond donors (Lipinski definition) is 2. The summed E-state index contributed by atoms with van der Waals surface area (Å²) in [7, 11) is 0. The number of aromatic nitrogens is 1. The number of para-hydroxylation sites is 1. The number of benzene rings is 2. The van der Waals surface area contributed by atoms with Gasteiger partial charge in [-0.15, -0.1) is 0 Å². The molecule has 0 saturated carbocycles. The number of rotatable bonds is 4. The monoisotopic (exact) mass is 422 g/mol. The van der Waals surface area contributed by atoms with Gasteiger partial charge in [0.05, 0.1) is 10.7 Å². The van der Waals surface area contributed by atoms with Gasteiger partial charge in [-0.05, 0) is 31.2 Å². The van der Waals surface area contributed by atoms with Gasteiger partial charge in [0, 0.05) is 5.56 Å². The number of nitrogens with one attached hydrogen (secondary N) is 1. The Hall–Kier alpha value is -3.58. The van der Waals surface area contributed by atoms with Crippen LogP contribution in [0.1, 0.15) is 18.6 Å². The summed E-state index contributed by atoms with van der Waals surface area (Å²) in [6.45, 7) is 1.62. The van der Waals surface area contributed by atoms with Crippen LogP contribution in [-0.4, -0.2) is 22.8 Å². The van der Waals surface area contributed by atoms with E-state index in [0.717, 1.165) is 0 Å². The van der Waals surface area contributed by atoms with Crippen LogP contribution in [-0.2, 0) is 9.59 Å². The molecule has 1 aliphatic rings. The topological polar surface area (TPSA) is 97.5 Å². The molecule has 2 unspecified atom stereocenters. The second-order valence-corrected chi connectivity index (χ2v) is 7.23. The van der Waals surface area contributed by atoms with E-state index in [2.05, 4.69) is 10.3 Å². The molecule has 2 atom stereocenters. The fourth-order valence-electron chi connectivity index (χ4n) is 3.25. The molecule has 0 bridgehead atoms. The number of nitrogens with two attached hydrogens (primary N) is 1. The first-order chi connectivity index (χ1) is 14.5. The number of nitrogens with zero attached hydrogens (tertiary/aromatic N) is 2. The van der Waals surface area contributed by atoms with E-state index in [-0.39, 0.29) is 11.6 Å². The Morgan fingerprint density at radius 3 is 2.57 bits per heavy atom. The minimum Gasteiger partial charge on any atom is -0.472 e. The molecule has 0 spiro atoms. The van der Waals surface area contributed by atoms with E-state index < -0.39 is 24.0 Å². The number of nitrogen functional groups attached to an aromatic ring is 1. The summed E-state index contributed by atoms with van der Waals surface area (Å²) in [5, 5.41) is 3.16. The quantitative estimate of drug-likeness (QED) is 0.666. The smallest absolute Gasteiger partial charge is 0.274 e. The van der Waals surface area contributed by atoms with Crippen LogP contribution in [0.4, 0.5) is 17.3 Å². The van der Waals surface area contributed by atoms with Crippen molar-refractivity contribution in [2.45, 2.75) is 19.1 Å².